The molecule has 1 aliphatic heterocycles. The number of aryl methyl sites for hydroxylation is 1. The lowest BCUT2D eigenvalue weighted by Crippen LogP contribution is -2.42. The molecular weight excluding hydrogens is 374 g/mol. The van der Waals surface area contributed by atoms with E-state index >= 15 is 0 Å². The lowest BCUT2D eigenvalue weighted by Gasteiger charge is -2.21. The smallest absolute Gasteiger partial charge is 0.221 e. The SMILES string of the molecule is COc1ccc(-c2cc3ccccc3c3[n+]2CCc2cc(OC)c(OC)cc2-3)cc1. The highest BCUT2D eigenvalue weighted by molar-refractivity contribution is 5.96. The summed E-state index contributed by atoms with van der Waals surface area (Å²) < 4.78 is 18.9. The molecule has 0 saturated heterocycles. The molecule has 0 aliphatic carbocycles. The second-order valence-electron chi connectivity index (χ2n) is 7.46. The molecule has 4 nitrogen and oxygen atoms in total. The monoisotopic (exact) mass is 398 g/mol. The maximum atomic E-state index is 5.62. The van der Waals surface area contributed by atoms with Crippen molar-refractivity contribution in [2.24, 2.45) is 0 Å². The van der Waals surface area contributed by atoms with E-state index < -0.39 is 0 Å². The van der Waals surface area contributed by atoms with Gasteiger partial charge in [-0.1, -0.05) is 18.2 Å². The van der Waals surface area contributed by atoms with Crippen LogP contribution in [0.15, 0.2) is 66.7 Å². The van der Waals surface area contributed by atoms with Gasteiger partial charge in [0, 0.05) is 18.1 Å². The first kappa shape index (κ1) is 18.5. The summed E-state index contributed by atoms with van der Waals surface area (Å²) in [5.41, 5.74) is 6.08. The molecule has 0 bridgehead atoms. The molecular formula is C26H24NO3+. The van der Waals surface area contributed by atoms with Crippen molar-refractivity contribution in [3.05, 3.63) is 72.3 Å². The summed E-state index contributed by atoms with van der Waals surface area (Å²) in [6, 6.07) is 23.4. The Morgan fingerprint density at radius 2 is 1.50 bits per heavy atom. The molecule has 4 aromatic rings. The molecule has 0 saturated carbocycles. The van der Waals surface area contributed by atoms with Crippen molar-refractivity contribution in [2.45, 2.75) is 13.0 Å². The lowest BCUT2D eigenvalue weighted by molar-refractivity contribution is -0.675. The molecule has 0 unspecified atom stereocenters. The first-order valence-electron chi connectivity index (χ1n) is 10.1. The van der Waals surface area contributed by atoms with Gasteiger partial charge in [-0.15, -0.1) is 0 Å². The van der Waals surface area contributed by atoms with E-state index in [0.29, 0.717) is 0 Å². The molecule has 0 atom stereocenters. The van der Waals surface area contributed by atoms with Gasteiger partial charge in [0.25, 0.3) is 0 Å². The third-order valence-electron chi connectivity index (χ3n) is 5.92. The number of ether oxygens (including phenoxy) is 3. The molecule has 4 heteroatoms. The number of hydrogen-bond acceptors (Lipinski definition) is 3. The van der Waals surface area contributed by atoms with Crippen LogP contribution < -0.4 is 18.8 Å². The van der Waals surface area contributed by atoms with Crippen molar-refractivity contribution < 1.29 is 18.8 Å². The van der Waals surface area contributed by atoms with Crippen LogP contribution in [0.4, 0.5) is 0 Å². The molecule has 0 N–H and O–H groups in total. The van der Waals surface area contributed by atoms with Crippen molar-refractivity contribution in [2.75, 3.05) is 21.3 Å². The van der Waals surface area contributed by atoms with E-state index in [1.165, 1.54) is 38.9 Å². The maximum Gasteiger partial charge on any atom is 0.221 e. The third kappa shape index (κ3) is 2.88. The molecule has 1 aliphatic rings. The average molecular weight is 398 g/mol. The summed E-state index contributed by atoms with van der Waals surface area (Å²) in [7, 11) is 5.07. The number of benzene rings is 3. The van der Waals surface area contributed by atoms with Crippen LogP contribution in [0, 0.1) is 0 Å². The van der Waals surface area contributed by atoms with Crippen LogP contribution in [0.25, 0.3) is 33.3 Å². The van der Waals surface area contributed by atoms with Crippen LogP contribution in [0.3, 0.4) is 0 Å². The summed E-state index contributed by atoms with van der Waals surface area (Å²) in [6.07, 6.45) is 0.939. The Balaban J connectivity index is 1.82. The van der Waals surface area contributed by atoms with E-state index in [1.807, 2.05) is 12.1 Å². The minimum atomic E-state index is 0.753. The zero-order valence-electron chi connectivity index (χ0n) is 17.4. The summed E-state index contributed by atoms with van der Waals surface area (Å²) in [5.74, 6) is 2.39. The van der Waals surface area contributed by atoms with Crippen LogP contribution in [0.5, 0.6) is 17.2 Å². The van der Waals surface area contributed by atoms with Gasteiger partial charge in [0.1, 0.15) is 5.75 Å². The Morgan fingerprint density at radius 3 is 2.23 bits per heavy atom. The lowest BCUT2D eigenvalue weighted by atomic mass is 9.91. The standard InChI is InChI=1S/C26H24NO3/c1-28-20-10-8-17(9-11-20)23-14-18-6-4-5-7-21(18)26-22-16-25(30-3)24(29-2)15-19(22)12-13-27(23)26/h4-11,14-16H,12-13H2,1-3H3/q+1. The fourth-order valence-corrected chi connectivity index (χ4v) is 4.43. The molecule has 30 heavy (non-hydrogen) atoms. The van der Waals surface area contributed by atoms with Crippen molar-refractivity contribution in [3.8, 4) is 39.8 Å². The molecule has 2 heterocycles. The molecule has 0 fully saturated rings. The Hall–Kier alpha value is -3.53. The van der Waals surface area contributed by atoms with Gasteiger partial charge in [-0.05, 0) is 53.4 Å². The van der Waals surface area contributed by atoms with Gasteiger partial charge in [0.05, 0.1) is 32.3 Å². The predicted octanol–water partition coefficient (Wildman–Crippen LogP) is 5.04. The van der Waals surface area contributed by atoms with Crippen LogP contribution in [0.1, 0.15) is 5.56 Å². The van der Waals surface area contributed by atoms with Gasteiger partial charge in [-0.25, -0.2) is 0 Å². The van der Waals surface area contributed by atoms with Crippen molar-refractivity contribution in [3.63, 3.8) is 0 Å². The topological polar surface area (TPSA) is 31.6 Å². The van der Waals surface area contributed by atoms with Crippen molar-refractivity contribution in [1.82, 2.24) is 0 Å². The number of fused-ring (bicyclic) bond motifs is 5. The van der Waals surface area contributed by atoms with Crippen molar-refractivity contribution >= 4 is 10.8 Å². The molecule has 0 radical (unpaired) electrons. The molecule has 1 aromatic heterocycles. The van der Waals surface area contributed by atoms with E-state index in [1.54, 1.807) is 21.3 Å². The van der Waals surface area contributed by atoms with Gasteiger partial charge in [-0.3, -0.25) is 0 Å². The highest BCUT2D eigenvalue weighted by atomic mass is 16.5. The number of pyridine rings is 1. The molecule has 3 aromatic carbocycles. The van der Waals surface area contributed by atoms with Gasteiger partial charge >= 0.3 is 0 Å². The highest BCUT2D eigenvalue weighted by Gasteiger charge is 2.31. The van der Waals surface area contributed by atoms with Gasteiger partial charge in [0.15, 0.2) is 18.0 Å². The average Bonchev–Trinajstić information content (AvgIpc) is 2.82. The van der Waals surface area contributed by atoms with Crippen molar-refractivity contribution in [1.29, 1.82) is 0 Å². The zero-order chi connectivity index (χ0) is 20.7. The first-order chi connectivity index (χ1) is 14.7. The Labute approximate surface area is 176 Å². The van der Waals surface area contributed by atoms with E-state index in [-0.39, 0.29) is 0 Å². The third-order valence-corrected chi connectivity index (χ3v) is 5.92. The van der Waals surface area contributed by atoms with E-state index in [9.17, 15) is 0 Å². The van der Waals surface area contributed by atoms with E-state index in [0.717, 1.165) is 30.2 Å². The first-order valence-corrected chi connectivity index (χ1v) is 10.1. The normalized spacial score (nSPS) is 12.2. The number of nitrogens with zero attached hydrogens (tertiary/aromatic N) is 1. The summed E-state index contributed by atoms with van der Waals surface area (Å²) >= 11 is 0. The van der Waals surface area contributed by atoms with Crippen LogP contribution in [0.2, 0.25) is 0 Å². The Morgan fingerprint density at radius 1 is 0.767 bits per heavy atom. The van der Waals surface area contributed by atoms with E-state index in [2.05, 4.69) is 59.2 Å². The van der Waals surface area contributed by atoms with Crippen LogP contribution >= 0.6 is 0 Å². The van der Waals surface area contributed by atoms with Crippen LogP contribution in [-0.4, -0.2) is 21.3 Å². The Kier molecular flexibility index (Phi) is 4.55. The predicted molar refractivity (Wildman–Crippen MR) is 118 cm³/mol. The number of aromatic nitrogens is 1. The highest BCUT2D eigenvalue weighted by Crippen LogP contribution is 2.40. The van der Waals surface area contributed by atoms with E-state index in [4.69, 9.17) is 14.2 Å². The minimum absolute atomic E-state index is 0.753. The minimum Gasteiger partial charge on any atom is -0.497 e. The maximum absolute atomic E-state index is 5.62. The molecule has 150 valence electrons. The second-order valence-corrected chi connectivity index (χ2v) is 7.46. The number of rotatable bonds is 4. The fraction of sp³-hybridized carbons (Fsp3) is 0.192. The van der Waals surface area contributed by atoms with Gasteiger partial charge in [0.2, 0.25) is 11.4 Å². The molecule has 5 rings (SSSR count). The number of hydrogen-bond donors (Lipinski definition) is 0. The van der Waals surface area contributed by atoms with Crippen LogP contribution in [-0.2, 0) is 13.0 Å². The molecule has 0 spiro atoms. The zero-order valence-corrected chi connectivity index (χ0v) is 17.4. The van der Waals surface area contributed by atoms with Gasteiger partial charge in [-0.2, -0.15) is 4.57 Å². The number of methoxy groups -OCH3 is 3. The fourth-order valence-electron chi connectivity index (χ4n) is 4.43. The summed E-state index contributed by atoms with van der Waals surface area (Å²) in [4.78, 5) is 0. The summed E-state index contributed by atoms with van der Waals surface area (Å²) in [6.45, 7) is 0.907. The van der Waals surface area contributed by atoms with Gasteiger partial charge < -0.3 is 14.2 Å². The molecule has 0 amide bonds. The quantitative estimate of drug-likeness (QED) is 0.451. The Bertz CT molecular complexity index is 1250. The largest absolute Gasteiger partial charge is 0.497 e. The summed E-state index contributed by atoms with van der Waals surface area (Å²) in [5, 5.41) is 2.46. The second kappa shape index (κ2) is 7.38.